The maximum atomic E-state index is 12.2. The molecule has 1 unspecified atom stereocenters. The van der Waals surface area contributed by atoms with Crippen molar-refractivity contribution in [3.05, 3.63) is 21.4 Å². The highest BCUT2D eigenvalue weighted by atomic mass is 32.1. The Morgan fingerprint density at radius 3 is 2.76 bits per heavy atom. The Morgan fingerprint density at radius 1 is 1.38 bits per heavy atom. The van der Waals surface area contributed by atoms with Crippen LogP contribution in [0, 0.1) is 19.8 Å². The molecule has 2 heterocycles. The van der Waals surface area contributed by atoms with Crippen LogP contribution in [0.4, 0.5) is 0 Å². The van der Waals surface area contributed by atoms with Crippen molar-refractivity contribution in [2.45, 2.75) is 33.1 Å². The van der Waals surface area contributed by atoms with Crippen LogP contribution in [0.1, 0.15) is 39.4 Å². The summed E-state index contributed by atoms with van der Waals surface area (Å²) in [5.41, 5.74) is 0.791. The van der Waals surface area contributed by atoms with E-state index in [0.717, 1.165) is 41.4 Å². The summed E-state index contributed by atoms with van der Waals surface area (Å²) in [4.78, 5) is 28.5. The van der Waals surface area contributed by atoms with E-state index in [-0.39, 0.29) is 11.7 Å². The monoisotopic (exact) mass is 308 g/mol. The average molecular weight is 308 g/mol. The van der Waals surface area contributed by atoms with E-state index >= 15 is 0 Å². The number of amides is 1. The van der Waals surface area contributed by atoms with Crippen molar-refractivity contribution in [2.24, 2.45) is 5.92 Å². The lowest BCUT2D eigenvalue weighted by Crippen LogP contribution is -2.30. The van der Waals surface area contributed by atoms with Crippen LogP contribution in [-0.2, 0) is 4.79 Å². The molecule has 1 aliphatic rings. The molecule has 1 amide bonds. The van der Waals surface area contributed by atoms with Gasteiger partial charge in [-0.05, 0) is 45.8 Å². The number of thiophene rings is 1. The fraction of sp³-hybridized carbons (Fsp3) is 0.625. The molecule has 5 heteroatoms. The zero-order valence-electron chi connectivity index (χ0n) is 13.1. The van der Waals surface area contributed by atoms with E-state index in [4.69, 9.17) is 0 Å². The Morgan fingerprint density at radius 2 is 2.14 bits per heavy atom. The van der Waals surface area contributed by atoms with Crippen LogP contribution in [0.3, 0.4) is 0 Å². The molecule has 21 heavy (non-hydrogen) atoms. The topological polar surface area (TPSA) is 49.4 Å². The maximum Gasteiger partial charge on any atom is 0.223 e. The van der Waals surface area contributed by atoms with Gasteiger partial charge in [0.1, 0.15) is 0 Å². The van der Waals surface area contributed by atoms with Crippen LogP contribution in [0.2, 0.25) is 0 Å². The second-order valence-corrected chi connectivity index (χ2v) is 7.26. The number of aryl methyl sites for hydroxylation is 2. The smallest absolute Gasteiger partial charge is 0.223 e. The van der Waals surface area contributed by atoms with Gasteiger partial charge in [-0.15, -0.1) is 11.3 Å². The van der Waals surface area contributed by atoms with Gasteiger partial charge in [-0.25, -0.2) is 0 Å². The van der Waals surface area contributed by atoms with Gasteiger partial charge in [0.05, 0.1) is 0 Å². The highest BCUT2D eigenvalue weighted by Gasteiger charge is 2.26. The predicted octanol–water partition coefficient (Wildman–Crippen LogP) is 2.40. The summed E-state index contributed by atoms with van der Waals surface area (Å²) >= 11 is 1.64. The van der Waals surface area contributed by atoms with Gasteiger partial charge in [0.2, 0.25) is 5.91 Å². The summed E-state index contributed by atoms with van der Waals surface area (Å²) in [7, 11) is 1.94. The van der Waals surface area contributed by atoms with Gasteiger partial charge in [0.15, 0.2) is 5.78 Å². The summed E-state index contributed by atoms with van der Waals surface area (Å²) in [6.07, 6.45) is 1.71. The number of hydrogen-bond donors (Lipinski definition) is 1. The number of ketones is 1. The Bertz CT molecular complexity index is 524. The first-order valence-corrected chi connectivity index (χ1v) is 8.35. The minimum absolute atomic E-state index is 0.0937. The number of nitrogens with one attached hydrogen (secondary N) is 1. The summed E-state index contributed by atoms with van der Waals surface area (Å²) in [5.74, 6) is 0.763. The largest absolute Gasteiger partial charge is 0.342 e. The quantitative estimate of drug-likeness (QED) is 0.821. The second kappa shape index (κ2) is 7.18. The molecule has 4 nitrogen and oxygen atoms in total. The van der Waals surface area contributed by atoms with Gasteiger partial charge < -0.3 is 10.2 Å². The molecule has 0 spiro atoms. The number of nitrogens with zero attached hydrogens (tertiary/aromatic N) is 1. The molecule has 1 aromatic rings. The summed E-state index contributed by atoms with van der Waals surface area (Å²) in [5, 5.41) is 3.16. The number of Topliss-reactive ketones (excluding diaryl/α,β-unsaturated/α-hetero) is 1. The SMILES string of the molecule is CNCC1CCN(C(=O)CCC(=O)c2cc(C)sc2C)C1. The van der Waals surface area contributed by atoms with Crippen LogP contribution in [0.15, 0.2) is 6.07 Å². The van der Waals surface area contributed by atoms with Gasteiger partial charge >= 0.3 is 0 Å². The number of likely N-dealkylation sites (tertiary alicyclic amines) is 1. The first-order chi connectivity index (χ1) is 10.0. The molecular weight excluding hydrogens is 284 g/mol. The molecule has 1 N–H and O–H groups in total. The molecule has 1 saturated heterocycles. The van der Waals surface area contributed by atoms with Crippen molar-refractivity contribution in [1.82, 2.24) is 10.2 Å². The molecular formula is C16H24N2O2S. The summed E-state index contributed by atoms with van der Waals surface area (Å²) < 4.78 is 0. The summed E-state index contributed by atoms with van der Waals surface area (Å²) in [6, 6.07) is 1.94. The van der Waals surface area contributed by atoms with Crippen LogP contribution < -0.4 is 5.32 Å². The number of rotatable bonds is 6. The van der Waals surface area contributed by atoms with Crippen molar-refractivity contribution in [3.8, 4) is 0 Å². The van der Waals surface area contributed by atoms with Crippen LogP contribution >= 0.6 is 11.3 Å². The highest BCUT2D eigenvalue weighted by Crippen LogP contribution is 2.23. The van der Waals surface area contributed by atoms with Crippen molar-refractivity contribution in [3.63, 3.8) is 0 Å². The minimum Gasteiger partial charge on any atom is -0.342 e. The molecule has 0 aliphatic carbocycles. The van der Waals surface area contributed by atoms with E-state index in [2.05, 4.69) is 5.32 Å². The molecule has 0 radical (unpaired) electrons. The van der Waals surface area contributed by atoms with Crippen LogP contribution in [-0.4, -0.2) is 43.3 Å². The number of carbonyl (C=O) groups is 2. The lowest BCUT2D eigenvalue weighted by Gasteiger charge is -2.16. The fourth-order valence-electron chi connectivity index (χ4n) is 2.94. The zero-order valence-corrected chi connectivity index (χ0v) is 13.9. The molecule has 2 rings (SSSR count). The fourth-order valence-corrected chi connectivity index (χ4v) is 3.88. The van der Waals surface area contributed by atoms with E-state index < -0.39 is 0 Å². The standard InChI is InChI=1S/C16H24N2O2S/c1-11-8-14(12(2)21-11)15(19)4-5-16(20)18-7-6-13(10-18)9-17-3/h8,13,17H,4-7,9-10H2,1-3H3. The van der Waals surface area contributed by atoms with Gasteiger partial charge in [-0.2, -0.15) is 0 Å². The normalized spacial score (nSPS) is 18.2. The number of carbonyl (C=O) groups excluding carboxylic acids is 2. The number of hydrogen-bond acceptors (Lipinski definition) is 4. The third-order valence-electron chi connectivity index (χ3n) is 4.04. The van der Waals surface area contributed by atoms with E-state index in [1.54, 1.807) is 11.3 Å². The van der Waals surface area contributed by atoms with Crippen molar-refractivity contribution >= 4 is 23.0 Å². The summed E-state index contributed by atoms with van der Waals surface area (Å²) in [6.45, 7) is 6.58. The van der Waals surface area contributed by atoms with E-state index in [0.29, 0.717) is 18.8 Å². The minimum atomic E-state index is 0.0937. The Kier molecular flexibility index (Phi) is 5.53. The zero-order chi connectivity index (χ0) is 15.4. The third-order valence-corrected chi connectivity index (χ3v) is 5.00. The third kappa shape index (κ3) is 4.14. The van der Waals surface area contributed by atoms with Crippen LogP contribution in [0.5, 0.6) is 0 Å². The highest BCUT2D eigenvalue weighted by molar-refractivity contribution is 7.12. The van der Waals surface area contributed by atoms with Crippen molar-refractivity contribution in [2.75, 3.05) is 26.7 Å². The molecule has 1 fully saturated rings. The maximum absolute atomic E-state index is 12.2. The first-order valence-electron chi connectivity index (χ1n) is 7.54. The Labute approximate surface area is 130 Å². The van der Waals surface area contributed by atoms with Gasteiger partial charge in [0.25, 0.3) is 0 Å². The molecule has 1 aromatic heterocycles. The first kappa shape index (κ1) is 16.2. The molecule has 1 atom stereocenters. The Hall–Kier alpha value is -1.20. The Balaban J connectivity index is 1.82. The molecule has 0 aromatic carbocycles. The lowest BCUT2D eigenvalue weighted by atomic mass is 10.1. The van der Waals surface area contributed by atoms with Gasteiger partial charge in [-0.1, -0.05) is 0 Å². The molecule has 116 valence electrons. The van der Waals surface area contributed by atoms with Crippen LogP contribution in [0.25, 0.3) is 0 Å². The lowest BCUT2D eigenvalue weighted by molar-refractivity contribution is -0.130. The molecule has 0 bridgehead atoms. The van der Waals surface area contributed by atoms with E-state index in [1.807, 2.05) is 31.9 Å². The van der Waals surface area contributed by atoms with Gasteiger partial charge in [-0.3, -0.25) is 9.59 Å². The van der Waals surface area contributed by atoms with Gasteiger partial charge in [0, 0.05) is 41.2 Å². The van der Waals surface area contributed by atoms with E-state index in [1.165, 1.54) is 0 Å². The van der Waals surface area contributed by atoms with Crippen molar-refractivity contribution in [1.29, 1.82) is 0 Å². The van der Waals surface area contributed by atoms with E-state index in [9.17, 15) is 9.59 Å². The molecule has 1 aliphatic heterocycles. The average Bonchev–Trinajstić information content (AvgIpc) is 3.03. The van der Waals surface area contributed by atoms with Crippen molar-refractivity contribution < 1.29 is 9.59 Å². The predicted molar refractivity (Wildman–Crippen MR) is 86.0 cm³/mol. The molecule has 0 saturated carbocycles. The second-order valence-electron chi connectivity index (χ2n) is 5.80.